The second-order valence-corrected chi connectivity index (χ2v) is 25.9. The number of rotatable bonds is 6. The van der Waals surface area contributed by atoms with E-state index in [4.69, 9.17) is 9.72 Å². The zero-order valence-corrected chi connectivity index (χ0v) is 49.1. The lowest BCUT2D eigenvalue weighted by Gasteiger charge is -2.27. The van der Waals surface area contributed by atoms with Crippen LogP contribution in [-0.4, -0.2) is 18.7 Å². The summed E-state index contributed by atoms with van der Waals surface area (Å²) in [6.07, 6.45) is 6.02. The summed E-state index contributed by atoms with van der Waals surface area (Å²) in [7, 11) is 0. The van der Waals surface area contributed by atoms with Gasteiger partial charge in [0, 0.05) is 39.5 Å². The molecule has 0 saturated carbocycles. The third-order valence-electron chi connectivity index (χ3n) is 17.3. The fraction of sp³-hybridized carbons (Fsp3) is 0.154. The summed E-state index contributed by atoms with van der Waals surface area (Å²) in [5.41, 5.74) is 22.4. The minimum Gasteiger partial charge on any atom is -0.458 e. The molecule has 0 unspecified atom stereocenters. The van der Waals surface area contributed by atoms with Crippen LogP contribution in [0.15, 0.2) is 231 Å². The number of para-hydroxylation sites is 5. The first-order valence-corrected chi connectivity index (χ1v) is 29.3. The van der Waals surface area contributed by atoms with Crippen molar-refractivity contribution in [3.05, 3.63) is 254 Å². The number of nitrogens with zero attached hydrogens (tertiary/aromatic N) is 5. The Morgan fingerprint density at radius 3 is 1.65 bits per heavy atom. The summed E-state index contributed by atoms with van der Waals surface area (Å²) in [6, 6.07) is 82.3. The number of fused-ring (bicyclic) bond motifs is 13. The summed E-state index contributed by atoms with van der Waals surface area (Å²) in [6.45, 7) is 20.7. The first-order chi connectivity index (χ1) is 40.5. The maximum absolute atomic E-state index is 6.99. The van der Waals surface area contributed by atoms with Crippen molar-refractivity contribution < 1.29 is 9.30 Å². The molecule has 0 aliphatic carbocycles. The average Bonchev–Trinajstić information content (AvgIpc) is 1.81. The van der Waals surface area contributed by atoms with Crippen LogP contribution in [-0.2, 0) is 16.2 Å². The van der Waals surface area contributed by atoms with Gasteiger partial charge in [0.1, 0.15) is 17.3 Å². The second-order valence-electron chi connectivity index (χ2n) is 25.9. The van der Waals surface area contributed by atoms with Gasteiger partial charge < -0.3 is 9.30 Å². The van der Waals surface area contributed by atoms with Crippen LogP contribution < -0.4 is 9.30 Å². The summed E-state index contributed by atoms with van der Waals surface area (Å²) >= 11 is 0. The Balaban J connectivity index is 0.979. The molecule has 15 rings (SSSR count). The molecule has 0 saturated heterocycles. The van der Waals surface area contributed by atoms with Gasteiger partial charge in [0.25, 0.3) is 6.33 Å². The Kier molecular flexibility index (Phi) is 11.5. The molecule has 10 aromatic carbocycles. The summed E-state index contributed by atoms with van der Waals surface area (Å²) in [5.74, 6) is 2.33. The predicted molar refractivity (Wildman–Crippen MR) is 348 cm³/mol. The quantitative estimate of drug-likeness (QED) is 0.123. The zero-order valence-electron chi connectivity index (χ0n) is 49.1. The van der Waals surface area contributed by atoms with Gasteiger partial charge in [0.15, 0.2) is 0 Å². The van der Waals surface area contributed by atoms with Crippen LogP contribution in [0.25, 0.3) is 122 Å². The van der Waals surface area contributed by atoms with Crippen LogP contribution in [0.3, 0.4) is 0 Å². The van der Waals surface area contributed by atoms with E-state index < -0.39 is 0 Å². The monoisotopic (exact) mass is 1090 g/mol. The van der Waals surface area contributed by atoms with E-state index in [0.717, 1.165) is 89.4 Å². The molecule has 84 heavy (non-hydrogen) atoms. The van der Waals surface area contributed by atoms with Crippen LogP contribution in [0.5, 0.6) is 11.5 Å². The number of pyridine rings is 1. The number of aromatic nitrogens is 5. The van der Waals surface area contributed by atoms with Crippen molar-refractivity contribution >= 4 is 54.6 Å². The summed E-state index contributed by atoms with van der Waals surface area (Å²) in [4.78, 5) is 4.95. The zero-order chi connectivity index (χ0) is 57.4. The molecule has 5 heterocycles. The molecular formula is C78H65N5O. The largest absolute Gasteiger partial charge is 0.458 e. The average molecular weight is 1090 g/mol. The van der Waals surface area contributed by atoms with Crippen LogP contribution in [0.4, 0.5) is 0 Å². The maximum Gasteiger partial charge on any atom is 0.269 e. The molecule has 14 aromatic rings. The van der Waals surface area contributed by atoms with Gasteiger partial charge in [-0.05, 0) is 156 Å². The third-order valence-corrected chi connectivity index (χ3v) is 17.3. The van der Waals surface area contributed by atoms with Crippen molar-refractivity contribution in [1.82, 2.24) is 18.7 Å². The lowest BCUT2D eigenvalue weighted by Crippen LogP contribution is -2.32. The first kappa shape index (κ1) is 51.1. The lowest BCUT2D eigenvalue weighted by molar-refractivity contribution is -0.570. The van der Waals surface area contributed by atoms with Crippen LogP contribution in [0.2, 0.25) is 0 Å². The van der Waals surface area contributed by atoms with Gasteiger partial charge in [-0.3, -0.25) is 13.7 Å². The molecule has 1 aliphatic rings. The number of benzene rings is 10. The second kappa shape index (κ2) is 18.9. The Hall–Kier alpha value is -9.78. The highest BCUT2D eigenvalue weighted by molar-refractivity contribution is 6.15. The molecular weight excluding hydrogens is 1020 g/mol. The third kappa shape index (κ3) is 8.29. The van der Waals surface area contributed by atoms with Crippen molar-refractivity contribution in [3.8, 4) is 78.9 Å². The highest BCUT2D eigenvalue weighted by Crippen LogP contribution is 2.49. The minimum absolute atomic E-state index is 0.0396. The van der Waals surface area contributed by atoms with Gasteiger partial charge in [-0.2, -0.15) is 0 Å². The fourth-order valence-corrected chi connectivity index (χ4v) is 13.0. The molecule has 0 fully saturated rings. The molecule has 0 N–H and O–H groups in total. The van der Waals surface area contributed by atoms with E-state index >= 15 is 0 Å². The number of hydrogen-bond acceptors (Lipinski definition) is 2. The van der Waals surface area contributed by atoms with E-state index in [1.807, 2.05) is 12.3 Å². The minimum atomic E-state index is -0.0907. The van der Waals surface area contributed by atoms with Crippen molar-refractivity contribution in [3.63, 3.8) is 0 Å². The highest BCUT2D eigenvalue weighted by Gasteiger charge is 2.30. The van der Waals surface area contributed by atoms with Gasteiger partial charge in [0.2, 0.25) is 0 Å². The van der Waals surface area contributed by atoms with Crippen LogP contribution in [0, 0.1) is 6.33 Å². The van der Waals surface area contributed by atoms with Crippen molar-refractivity contribution in [2.75, 3.05) is 0 Å². The Labute approximate surface area is 491 Å². The van der Waals surface area contributed by atoms with Gasteiger partial charge in [-0.1, -0.05) is 202 Å². The van der Waals surface area contributed by atoms with Gasteiger partial charge in [-0.25, -0.2) is 4.98 Å². The molecule has 0 spiro atoms. The van der Waals surface area contributed by atoms with Crippen LogP contribution >= 0.6 is 0 Å². The molecule has 1 aliphatic heterocycles. The lowest BCUT2D eigenvalue weighted by atomic mass is 9.78. The smallest absolute Gasteiger partial charge is 0.269 e. The number of ether oxygens (including phenoxy) is 1. The topological polar surface area (TPSA) is 40.8 Å². The van der Waals surface area contributed by atoms with E-state index in [0.29, 0.717) is 5.75 Å². The fourth-order valence-electron chi connectivity index (χ4n) is 13.0. The van der Waals surface area contributed by atoms with Crippen molar-refractivity contribution in [2.24, 2.45) is 0 Å². The standard InChI is InChI=1S/C78H65N5O/c1-76(2,3)50-38-39-79-73(43-50)83-69-34-18-15-28-60(69)62-37-36-56(45-71(62)83)84-55-25-19-24-54(44-55)80-48-81-74-57(49-40-51(77(4,5)6)42-52(41-49)78(7,8)9)30-20-31-63(74)58-26-13-14-27-59(58)65-46-67-61-29-16-17-33-68(61)82(53-22-11-10-12-23-53)72(67)47-66(65)64-32-21-35-70(80)75(64)81/h10-47H,1-9H3. The van der Waals surface area contributed by atoms with Gasteiger partial charge in [-0.15, -0.1) is 0 Å². The molecule has 4 aromatic heterocycles. The van der Waals surface area contributed by atoms with Crippen molar-refractivity contribution in [1.29, 1.82) is 0 Å². The maximum atomic E-state index is 6.99. The van der Waals surface area contributed by atoms with E-state index in [1.165, 1.54) is 55.1 Å². The normalized spacial score (nSPS) is 12.6. The van der Waals surface area contributed by atoms with Crippen molar-refractivity contribution in [2.45, 2.75) is 78.6 Å². The molecule has 6 nitrogen and oxygen atoms in total. The Morgan fingerprint density at radius 2 is 0.917 bits per heavy atom. The molecule has 0 atom stereocenters. The first-order valence-electron chi connectivity index (χ1n) is 29.3. The molecule has 0 amide bonds. The van der Waals surface area contributed by atoms with E-state index in [-0.39, 0.29) is 16.2 Å². The summed E-state index contributed by atoms with van der Waals surface area (Å²) in [5, 5.41) is 4.73. The highest BCUT2D eigenvalue weighted by atomic mass is 16.5. The predicted octanol–water partition coefficient (Wildman–Crippen LogP) is 20.0. The molecule has 6 heteroatoms. The van der Waals surface area contributed by atoms with Gasteiger partial charge >= 0.3 is 0 Å². The molecule has 0 bridgehead atoms. The molecule has 408 valence electrons. The number of hydrogen-bond donors (Lipinski definition) is 0. The van der Waals surface area contributed by atoms with Crippen LogP contribution in [0.1, 0.15) is 79.0 Å². The van der Waals surface area contributed by atoms with E-state index in [2.05, 4.69) is 305 Å². The van der Waals surface area contributed by atoms with Gasteiger partial charge in [0.05, 0.1) is 44.5 Å². The van der Waals surface area contributed by atoms with E-state index in [9.17, 15) is 0 Å². The summed E-state index contributed by atoms with van der Waals surface area (Å²) < 4.78 is 16.3. The Bertz CT molecular complexity index is 4960. The SMILES string of the molecule is CC(C)(C)c1cc(-c2cccc3c2-[n+]2[c-]n(-c4cccc(Oc5ccc6c7ccccc7n(-c7cc(C(C)(C)C)ccn7)c6c5)c4)c4cccc(c42)-c2cc4c(cc2-c2ccccc2-3)c2ccccc2n4-c2ccccc2)cc(C(C)(C)C)c1. The van der Waals surface area contributed by atoms with E-state index in [1.54, 1.807) is 0 Å². The Morgan fingerprint density at radius 1 is 0.369 bits per heavy atom. The molecule has 0 radical (unpaired) electrons. The number of imidazole rings is 1.